The van der Waals surface area contributed by atoms with Gasteiger partial charge in [0, 0.05) is 55.5 Å². The van der Waals surface area contributed by atoms with Crippen LogP contribution in [0.5, 0.6) is 5.88 Å². The first kappa shape index (κ1) is 33.8. The third-order valence-corrected chi connectivity index (χ3v) is 9.59. The smallest absolute Gasteiger partial charge is 0.332 e. The Kier molecular flexibility index (Phi) is 9.53. The number of methoxy groups -OCH3 is 1. The number of fused-ring (bicyclic) bond motifs is 2. The summed E-state index contributed by atoms with van der Waals surface area (Å²) in [7, 11) is 4.69. The van der Waals surface area contributed by atoms with Gasteiger partial charge in [0.15, 0.2) is 5.65 Å². The molecule has 49 heavy (non-hydrogen) atoms. The highest BCUT2D eigenvalue weighted by Crippen LogP contribution is 2.41. The lowest BCUT2D eigenvalue weighted by molar-refractivity contribution is -0.119. The zero-order valence-corrected chi connectivity index (χ0v) is 28.9. The van der Waals surface area contributed by atoms with E-state index < -0.39 is 11.2 Å². The maximum absolute atomic E-state index is 13.1. The molecule has 1 fully saturated rings. The lowest BCUT2D eigenvalue weighted by Gasteiger charge is -2.17. The predicted octanol–water partition coefficient (Wildman–Crippen LogP) is 4.49. The molecule has 1 unspecified atom stereocenters. The molecule has 1 aliphatic carbocycles. The zero-order valence-electron chi connectivity index (χ0n) is 28.2. The summed E-state index contributed by atoms with van der Waals surface area (Å²) in [5, 5.41) is 6.91. The third kappa shape index (κ3) is 6.41. The van der Waals surface area contributed by atoms with E-state index in [4.69, 9.17) is 27.1 Å². The van der Waals surface area contributed by atoms with Gasteiger partial charge in [-0.1, -0.05) is 41.9 Å². The van der Waals surface area contributed by atoms with Crippen LogP contribution in [0.3, 0.4) is 0 Å². The molecule has 13 heteroatoms. The number of carbonyl (C=O) groups is 1. The fraction of sp³-hybridized carbons (Fsp3) is 0.333. The van der Waals surface area contributed by atoms with Crippen LogP contribution in [0.15, 0.2) is 52.1 Å². The van der Waals surface area contributed by atoms with Crippen LogP contribution in [0.4, 0.5) is 11.5 Å². The Balaban J connectivity index is 0.000000459. The van der Waals surface area contributed by atoms with Crippen molar-refractivity contribution in [1.29, 1.82) is 0 Å². The molecule has 254 valence electrons. The van der Waals surface area contributed by atoms with Crippen LogP contribution in [0.2, 0.25) is 5.02 Å². The molecular formula is C36H39ClN8O4. The second-order valence-corrected chi connectivity index (χ2v) is 12.7. The van der Waals surface area contributed by atoms with Crippen LogP contribution in [-0.2, 0) is 31.7 Å². The molecule has 0 saturated carbocycles. The Morgan fingerprint density at radius 3 is 2.41 bits per heavy atom. The number of pyridine rings is 1. The molecule has 0 bridgehead atoms. The summed E-state index contributed by atoms with van der Waals surface area (Å²) < 4.78 is 8.03. The lowest BCUT2D eigenvalue weighted by atomic mass is 9.96. The van der Waals surface area contributed by atoms with E-state index in [-0.39, 0.29) is 23.0 Å². The Hall–Kier alpha value is -5.07. The van der Waals surface area contributed by atoms with E-state index in [1.807, 2.05) is 43.3 Å². The average Bonchev–Trinajstić information content (AvgIpc) is 3.76. The number of aromatic nitrogens is 5. The number of hydrogen-bond acceptors (Lipinski definition) is 9. The quantitative estimate of drug-likeness (QED) is 0.235. The SMILES string of the molecule is COc1nc(-c2cccc(-c3cccc(Nc4nc(C)nc5c4c(=O)n(C)c(=O)n5C)c3C)c2Cl)cc2c1CCC2.NCC1CCC(=O)N1. The molecule has 7 rings (SSSR count). The van der Waals surface area contributed by atoms with Crippen molar-refractivity contribution >= 4 is 40.0 Å². The van der Waals surface area contributed by atoms with Crippen molar-refractivity contribution in [1.82, 2.24) is 29.4 Å². The van der Waals surface area contributed by atoms with E-state index in [0.29, 0.717) is 35.5 Å². The van der Waals surface area contributed by atoms with Gasteiger partial charge in [0.1, 0.15) is 17.0 Å². The Morgan fingerprint density at radius 2 is 1.71 bits per heavy atom. The van der Waals surface area contributed by atoms with Gasteiger partial charge in [-0.15, -0.1) is 0 Å². The summed E-state index contributed by atoms with van der Waals surface area (Å²) in [5.74, 6) is 1.57. The molecule has 0 radical (unpaired) electrons. The molecule has 12 nitrogen and oxygen atoms in total. The third-order valence-electron chi connectivity index (χ3n) is 9.18. The van der Waals surface area contributed by atoms with Gasteiger partial charge < -0.3 is 21.1 Å². The molecule has 4 N–H and O–H groups in total. The topological polar surface area (TPSA) is 159 Å². The van der Waals surface area contributed by atoms with Crippen LogP contribution in [0.1, 0.15) is 41.8 Å². The minimum atomic E-state index is -0.465. The number of halogens is 1. The number of amides is 1. The van der Waals surface area contributed by atoms with Gasteiger partial charge in [0.05, 0.1) is 17.8 Å². The summed E-state index contributed by atoms with van der Waals surface area (Å²) in [6.07, 6.45) is 4.63. The Bertz CT molecular complexity index is 2230. The average molecular weight is 683 g/mol. The second kappa shape index (κ2) is 13.8. The molecule has 5 aromatic rings. The molecule has 0 spiro atoms. The van der Waals surface area contributed by atoms with E-state index in [1.54, 1.807) is 21.1 Å². The van der Waals surface area contributed by atoms with Gasteiger partial charge in [0.25, 0.3) is 5.56 Å². The van der Waals surface area contributed by atoms with Crippen LogP contribution in [0, 0.1) is 13.8 Å². The number of aryl methyl sites for hydroxylation is 3. The van der Waals surface area contributed by atoms with Crippen molar-refractivity contribution in [2.45, 2.75) is 52.0 Å². The normalized spacial score (nSPS) is 15.1. The number of anilines is 2. The van der Waals surface area contributed by atoms with E-state index in [0.717, 1.165) is 63.9 Å². The zero-order chi connectivity index (χ0) is 35.0. The molecule has 4 heterocycles. The Morgan fingerprint density at radius 1 is 0.980 bits per heavy atom. The Labute approximate surface area is 288 Å². The van der Waals surface area contributed by atoms with E-state index in [1.165, 1.54) is 22.7 Å². The van der Waals surface area contributed by atoms with Crippen molar-refractivity contribution in [3.8, 4) is 28.3 Å². The molecule has 1 amide bonds. The highest BCUT2D eigenvalue weighted by atomic mass is 35.5. The highest BCUT2D eigenvalue weighted by molar-refractivity contribution is 6.36. The van der Waals surface area contributed by atoms with Crippen molar-refractivity contribution in [2.24, 2.45) is 19.8 Å². The minimum Gasteiger partial charge on any atom is -0.481 e. The number of rotatable bonds is 6. The van der Waals surface area contributed by atoms with Crippen molar-refractivity contribution in [3.05, 3.63) is 90.8 Å². The first-order valence-electron chi connectivity index (χ1n) is 16.2. The van der Waals surface area contributed by atoms with E-state index >= 15 is 0 Å². The summed E-state index contributed by atoms with van der Waals surface area (Å²) in [6.45, 7) is 4.29. The first-order valence-corrected chi connectivity index (χ1v) is 16.6. The molecule has 1 saturated heterocycles. The molecule has 1 atom stereocenters. The summed E-state index contributed by atoms with van der Waals surface area (Å²) in [5.41, 5.74) is 12.1. The van der Waals surface area contributed by atoms with Gasteiger partial charge in [0.2, 0.25) is 11.8 Å². The summed E-state index contributed by atoms with van der Waals surface area (Å²) in [6, 6.07) is 14.2. The number of nitrogens with two attached hydrogens (primary N) is 1. The van der Waals surface area contributed by atoms with Crippen LogP contribution in [0.25, 0.3) is 33.4 Å². The molecule has 2 aromatic carbocycles. The van der Waals surface area contributed by atoms with Gasteiger partial charge in [-0.3, -0.25) is 18.7 Å². The summed E-state index contributed by atoms with van der Waals surface area (Å²) >= 11 is 7.08. The second-order valence-electron chi connectivity index (χ2n) is 12.3. The standard InChI is InChI=1S/C31H29ClN6O3.C5H10N2O/c1-16-19(21-12-7-13-22(26(21)32)24-15-18-9-6-11-20(18)29(36-24)41-5)10-8-14-23(16)35-27-25-28(34-17(2)33-27)37(3)31(40)38(4)30(25)39;6-3-4-1-2-5(8)7-4/h7-8,10,12-15H,6,9,11H2,1-5H3,(H,33,34,35);4H,1-3,6H2,(H,7,8). The molecule has 1 aliphatic heterocycles. The number of nitrogens with zero attached hydrogens (tertiary/aromatic N) is 5. The largest absolute Gasteiger partial charge is 0.481 e. The van der Waals surface area contributed by atoms with Gasteiger partial charge >= 0.3 is 5.69 Å². The molecule has 2 aliphatic rings. The number of ether oxygens (including phenoxy) is 1. The van der Waals surface area contributed by atoms with Crippen molar-refractivity contribution in [3.63, 3.8) is 0 Å². The van der Waals surface area contributed by atoms with Gasteiger partial charge in [-0.25, -0.2) is 19.7 Å². The number of hydrogen-bond donors (Lipinski definition) is 3. The van der Waals surface area contributed by atoms with E-state index in [2.05, 4.69) is 26.7 Å². The van der Waals surface area contributed by atoms with Crippen LogP contribution >= 0.6 is 11.6 Å². The fourth-order valence-corrected chi connectivity index (χ4v) is 6.82. The van der Waals surface area contributed by atoms with Crippen molar-refractivity contribution < 1.29 is 9.53 Å². The van der Waals surface area contributed by atoms with Gasteiger partial charge in [-0.05, 0) is 68.4 Å². The molecular weight excluding hydrogens is 644 g/mol. The maximum atomic E-state index is 13.1. The van der Waals surface area contributed by atoms with Gasteiger partial charge in [-0.2, -0.15) is 0 Å². The molecule has 3 aromatic heterocycles. The summed E-state index contributed by atoms with van der Waals surface area (Å²) in [4.78, 5) is 49.8. The van der Waals surface area contributed by atoms with Crippen LogP contribution < -0.4 is 32.4 Å². The van der Waals surface area contributed by atoms with Crippen molar-refractivity contribution in [2.75, 3.05) is 19.0 Å². The fourth-order valence-electron chi connectivity index (χ4n) is 6.49. The highest BCUT2D eigenvalue weighted by Gasteiger charge is 2.22. The number of benzene rings is 2. The number of nitrogens with one attached hydrogen (secondary N) is 2. The predicted molar refractivity (Wildman–Crippen MR) is 192 cm³/mol. The minimum absolute atomic E-state index is 0.139. The maximum Gasteiger partial charge on any atom is 0.332 e. The van der Waals surface area contributed by atoms with E-state index in [9.17, 15) is 14.4 Å². The van der Waals surface area contributed by atoms with Crippen LogP contribution in [-0.4, -0.2) is 49.7 Å². The first-order chi connectivity index (χ1) is 23.5. The number of carbonyl (C=O) groups excluding carboxylic acids is 1. The monoisotopic (exact) mass is 682 g/mol. The lowest BCUT2D eigenvalue weighted by Crippen LogP contribution is -2.37.